The van der Waals surface area contributed by atoms with Crippen molar-refractivity contribution in [2.24, 2.45) is 0 Å². The third-order valence-electron chi connectivity index (χ3n) is 3.43. The van der Waals surface area contributed by atoms with E-state index in [9.17, 15) is 9.18 Å². The van der Waals surface area contributed by atoms with Gasteiger partial charge in [-0.25, -0.2) is 9.37 Å². The van der Waals surface area contributed by atoms with Crippen LogP contribution in [0.4, 0.5) is 4.39 Å². The molecule has 4 nitrogen and oxygen atoms in total. The molecule has 0 bridgehead atoms. The summed E-state index contributed by atoms with van der Waals surface area (Å²) in [6.07, 6.45) is 3.47. The minimum Gasteiger partial charge on any atom is -0.315 e. The first-order valence-electron chi connectivity index (χ1n) is 6.13. The SMILES string of the molecule is O=c1c2c(F)cccc2ncn1C1CCCNC1. The van der Waals surface area contributed by atoms with E-state index < -0.39 is 5.82 Å². The molecule has 1 saturated heterocycles. The Bertz CT molecular complexity index is 632. The lowest BCUT2D eigenvalue weighted by Crippen LogP contribution is -2.36. The summed E-state index contributed by atoms with van der Waals surface area (Å²) in [5.41, 5.74) is 0.131. The first-order valence-corrected chi connectivity index (χ1v) is 6.13. The Morgan fingerprint density at radius 3 is 3.11 bits per heavy atom. The molecule has 0 spiro atoms. The number of fused-ring (bicyclic) bond motifs is 1. The lowest BCUT2D eigenvalue weighted by Gasteiger charge is -2.24. The van der Waals surface area contributed by atoms with Crippen molar-refractivity contribution in [2.75, 3.05) is 13.1 Å². The summed E-state index contributed by atoms with van der Waals surface area (Å²) >= 11 is 0. The molecule has 1 aromatic heterocycles. The number of aromatic nitrogens is 2. The highest BCUT2D eigenvalue weighted by Crippen LogP contribution is 2.16. The molecule has 1 fully saturated rings. The molecule has 2 heterocycles. The van der Waals surface area contributed by atoms with Crippen LogP contribution < -0.4 is 10.9 Å². The van der Waals surface area contributed by atoms with E-state index in [0.717, 1.165) is 25.9 Å². The lowest BCUT2D eigenvalue weighted by atomic mass is 10.1. The number of hydrogen-bond donors (Lipinski definition) is 1. The molecule has 1 N–H and O–H groups in total. The Balaban J connectivity index is 2.16. The smallest absolute Gasteiger partial charge is 0.264 e. The highest BCUT2D eigenvalue weighted by Gasteiger charge is 2.18. The third-order valence-corrected chi connectivity index (χ3v) is 3.43. The quantitative estimate of drug-likeness (QED) is 0.830. The highest BCUT2D eigenvalue weighted by atomic mass is 19.1. The zero-order chi connectivity index (χ0) is 12.5. The van der Waals surface area contributed by atoms with E-state index in [1.807, 2.05) is 0 Å². The van der Waals surface area contributed by atoms with Crippen molar-refractivity contribution in [3.8, 4) is 0 Å². The van der Waals surface area contributed by atoms with Gasteiger partial charge in [-0.15, -0.1) is 0 Å². The molecule has 5 heteroatoms. The Morgan fingerprint density at radius 2 is 2.33 bits per heavy atom. The van der Waals surface area contributed by atoms with E-state index in [2.05, 4.69) is 10.3 Å². The van der Waals surface area contributed by atoms with Crippen LogP contribution in [0.1, 0.15) is 18.9 Å². The van der Waals surface area contributed by atoms with Crippen LogP contribution in [0.3, 0.4) is 0 Å². The second-order valence-corrected chi connectivity index (χ2v) is 4.59. The van der Waals surface area contributed by atoms with Crippen molar-refractivity contribution < 1.29 is 4.39 Å². The van der Waals surface area contributed by atoms with Crippen LogP contribution >= 0.6 is 0 Å². The van der Waals surface area contributed by atoms with E-state index in [1.165, 1.54) is 12.4 Å². The van der Waals surface area contributed by atoms with Gasteiger partial charge >= 0.3 is 0 Å². The number of hydrogen-bond acceptors (Lipinski definition) is 3. The van der Waals surface area contributed by atoms with Crippen molar-refractivity contribution in [1.29, 1.82) is 0 Å². The monoisotopic (exact) mass is 247 g/mol. The molecule has 3 rings (SSSR count). The zero-order valence-corrected chi connectivity index (χ0v) is 9.90. The molecule has 94 valence electrons. The summed E-state index contributed by atoms with van der Waals surface area (Å²) in [7, 11) is 0. The van der Waals surface area contributed by atoms with Gasteiger partial charge in [0.15, 0.2) is 0 Å². The van der Waals surface area contributed by atoms with Gasteiger partial charge in [-0.05, 0) is 31.5 Å². The van der Waals surface area contributed by atoms with Gasteiger partial charge in [0.25, 0.3) is 5.56 Å². The Labute approximate surface area is 103 Å². The average Bonchev–Trinajstić information content (AvgIpc) is 2.40. The van der Waals surface area contributed by atoms with E-state index >= 15 is 0 Å². The Morgan fingerprint density at radius 1 is 1.44 bits per heavy atom. The van der Waals surface area contributed by atoms with E-state index in [4.69, 9.17) is 0 Å². The molecule has 2 aromatic rings. The fourth-order valence-electron chi connectivity index (χ4n) is 2.47. The molecule has 1 unspecified atom stereocenters. The van der Waals surface area contributed by atoms with Crippen LogP contribution in [0, 0.1) is 5.82 Å². The second kappa shape index (κ2) is 4.49. The van der Waals surface area contributed by atoms with Gasteiger partial charge in [-0.2, -0.15) is 0 Å². The van der Waals surface area contributed by atoms with Gasteiger partial charge in [0.05, 0.1) is 17.9 Å². The number of piperidine rings is 1. The Hall–Kier alpha value is -1.75. The van der Waals surface area contributed by atoms with Gasteiger partial charge in [0.1, 0.15) is 11.2 Å². The summed E-state index contributed by atoms with van der Waals surface area (Å²) < 4.78 is 15.3. The number of nitrogens with one attached hydrogen (secondary N) is 1. The highest BCUT2D eigenvalue weighted by molar-refractivity contribution is 5.77. The molecule has 0 radical (unpaired) electrons. The molecular weight excluding hydrogens is 233 g/mol. The lowest BCUT2D eigenvalue weighted by molar-refractivity contribution is 0.362. The molecule has 1 aromatic carbocycles. The maximum absolute atomic E-state index is 13.7. The fourth-order valence-corrected chi connectivity index (χ4v) is 2.47. The molecule has 1 aliphatic rings. The minimum atomic E-state index is -0.497. The standard InChI is InChI=1S/C13H14FN3O/c14-10-4-1-5-11-12(10)13(18)17(8-16-11)9-3-2-6-15-7-9/h1,4-5,8-9,15H,2-3,6-7H2. The number of nitrogens with zero attached hydrogens (tertiary/aromatic N) is 2. The molecule has 0 saturated carbocycles. The topological polar surface area (TPSA) is 46.9 Å². The van der Waals surface area contributed by atoms with E-state index in [0.29, 0.717) is 5.52 Å². The zero-order valence-electron chi connectivity index (χ0n) is 9.90. The maximum Gasteiger partial charge on any atom is 0.264 e. The predicted molar refractivity (Wildman–Crippen MR) is 67.1 cm³/mol. The van der Waals surface area contributed by atoms with Crippen molar-refractivity contribution in [3.05, 3.63) is 40.7 Å². The Kier molecular flexibility index (Phi) is 2.83. The van der Waals surface area contributed by atoms with Crippen LogP contribution in [-0.2, 0) is 0 Å². The normalized spacial score (nSPS) is 20.2. The van der Waals surface area contributed by atoms with E-state index in [-0.39, 0.29) is 17.0 Å². The van der Waals surface area contributed by atoms with Crippen LogP contribution in [0.25, 0.3) is 10.9 Å². The number of benzene rings is 1. The van der Waals surface area contributed by atoms with Crippen LogP contribution in [0.2, 0.25) is 0 Å². The van der Waals surface area contributed by atoms with Gasteiger partial charge in [-0.3, -0.25) is 9.36 Å². The predicted octanol–water partition coefficient (Wildman–Crippen LogP) is 1.46. The van der Waals surface area contributed by atoms with Crippen molar-refractivity contribution in [3.63, 3.8) is 0 Å². The molecular formula is C13H14FN3O. The van der Waals surface area contributed by atoms with Gasteiger partial charge in [0, 0.05) is 6.54 Å². The summed E-state index contributed by atoms with van der Waals surface area (Å²) in [6.45, 7) is 1.71. The number of rotatable bonds is 1. The van der Waals surface area contributed by atoms with Gasteiger partial charge in [0.2, 0.25) is 0 Å². The van der Waals surface area contributed by atoms with E-state index in [1.54, 1.807) is 16.7 Å². The maximum atomic E-state index is 13.7. The molecule has 1 aliphatic heterocycles. The van der Waals surface area contributed by atoms with Crippen molar-refractivity contribution >= 4 is 10.9 Å². The van der Waals surface area contributed by atoms with Gasteiger partial charge < -0.3 is 5.32 Å². The second-order valence-electron chi connectivity index (χ2n) is 4.59. The third kappa shape index (κ3) is 1.80. The van der Waals surface area contributed by atoms with Crippen molar-refractivity contribution in [1.82, 2.24) is 14.9 Å². The summed E-state index contributed by atoms with van der Waals surface area (Å²) in [5, 5.41) is 3.33. The first-order chi connectivity index (χ1) is 8.77. The number of halogens is 1. The van der Waals surface area contributed by atoms with Crippen LogP contribution in [0.15, 0.2) is 29.3 Å². The summed E-state index contributed by atoms with van der Waals surface area (Å²) in [5.74, 6) is -0.497. The van der Waals surface area contributed by atoms with Crippen LogP contribution in [0.5, 0.6) is 0 Å². The van der Waals surface area contributed by atoms with Gasteiger partial charge in [-0.1, -0.05) is 6.07 Å². The first kappa shape index (κ1) is 11.3. The fraction of sp³-hybridized carbons (Fsp3) is 0.385. The average molecular weight is 247 g/mol. The molecule has 0 aliphatic carbocycles. The van der Waals surface area contributed by atoms with Crippen molar-refractivity contribution in [2.45, 2.75) is 18.9 Å². The molecule has 1 atom stereocenters. The largest absolute Gasteiger partial charge is 0.315 e. The summed E-state index contributed by atoms with van der Waals surface area (Å²) in [4.78, 5) is 16.5. The minimum absolute atomic E-state index is 0.0720. The van der Waals surface area contributed by atoms with Crippen LogP contribution in [-0.4, -0.2) is 22.6 Å². The molecule has 0 amide bonds. The molecule has 18 heavy (non-hydrogen) atoms. The summed E-state index contributed by atoms with van der Waals surface area (Å²) in [6, 6.07) is 4.59.